The molecule has 0 unspecified atom stereocenters. The summed E-state index contributed by atoms with van der Waals surface area (Å²) in [5.41, 5.74) is 1.22. The van der Waals surface area contributed by atoms with Gasteiger partial charge in [0, 0.05) is 37.9 Å². The number of amides is 2. The lowest BCUT2D eigenvalue weighted by atomic mass is 10.1. The van der Waals surface area contributed by atoms with Crippen molar-refractivity contribution in [1.29, 1.82) is 0 Å². The van der Waals surface area contributed by atoms with Crippen LogP contribution in [0.2, 0.25) is 0 Å². The summed E-state index contributed by atoms with van der Waals surface area (Å²) in [6.07, 6.45) is 1.84. The highest BCUT2D eigenvalue weighted by atomic mass is 16.5. The second kappa shape index (κ2) is 8.53. The van der Waals surface area contributed by atoms with Gasteiger partial charge in [-0.25, -0.2) is 0 Å². The zero-order valence-electron chi connectivity index (χ0n) is 15.6. The minimum absolute atomic E-state index is 0.00601. The second-order valence-corrected chi connectivity index (χ2v) is 6.24. The normalized spacial score (nSPS) is 14.0. The van der Waals surface area contributed by atoms with E-state index >= 15 is 0 Å². The number of carbonyl (C=O) groups is 2. The Morgan fingerprint density at radius 2 is 1.74 bits per heavy atom. The first kappa shape index (κ1) is 18.7. The van der Waals surface area contributed by atoms with Crippen LogP contribution in [-0.4, -0.2) is 67.0 Å². The van der Waals surface area contributed by atoms with E-state index < -0.39 is 0 Å². The Morgan fingerprint density at radius 3 is 2.37 bits per heavy atom. The number of hydrogen-bond acceptors (Lipinski definition) is 5. The average Bonchev–Trinajstić information content (AvgIpc) is 2.73. The Bertz CT molecular complexity index is 802. The van der Waals surface area contributed by atoms with E-state index in [2.05, 4.69) is 4.98 Å². The van der Waals surface area contributed by atoms with Gasteiger partial charge in [-0.1, -0.05) is 6.07 Å². The smallest absolute Gasteiger partial charge is 0.272 e. The predicted molar refractivity (Wildman–Crippen MR) is 100.0 cm³/mol. The monoisotopic (exact) mass is 369 g/mol. The van der Waals surface area contributed by atoms with E-state index in [9.17, 15) is 9.59 Å². The Kier molecular flexibility index (Phi) is 5.90. The zero-order valence-corrected chi connectivity index (χ0v) is 15.6. The molecular formula is C20H23N3O4. The highest BCUT2D eigenvalue weighted by Crippen LogP contribution is 2.25. The quantitative estimate of drug-likeness (QED) is 0.801. The molecule has 0 aliphatic carbocycles. The van der Waals surface area contributed by atoms with Crippen molar-refractivity contribution in [1.82, 2.24) is 14.8 Å². The lowest BCUT2D eigenvalue weighted by Gasteiger charge is -2.34. The van der Waals surface area contributed by atoms with Crippen molar-refractivity contribution in [3.8, 4) is 11.5 Å². The summed E-state index contributed by atoms with van der Waals surface area (Å²) < 4.78 is 10.6. The van der Waals surface area contributed by atoms with Crippen LogP contribution in [0, 0.1) is 0 Å². The molecule has 3 rings (SSSR count). The maximum absolute atomic E-state index is 12.7. The molecule has 1 aromatic heterocycles. The van der Waals surface area contributed by atoms with Crippen molar-refractivity contribution in [2.45, 2.75) is 6.42 Å². The lowest BCUT2D eigenvalue weighted by molar-refractivity contribution is -0.131. The summed E-state index contributed by atoms with van der Waals surface area (Å²) in [6.45, 7) is 2.00. The highest BCUT2D eigenvalue weighted by molar-refractivity contribution is 5.92. The molecule has 0 bridgehead atoms. The Hall–Kier alpha value is -3.09. The predicted octanol–water partition coefficient (Wildman–Crippen LogP) is 1.63. The van der Waals surface area contributed by atoms with Gasteiger partial charge in [-0.3, -0.25) is 14.6 Å². The first-order valence-electron chi connectivity index (χ1n) is 8.81. The maximum Gasteiger partial charge on any atom is 0.272 e. The summed E-state index contributed by atoms with van der Waals surface area (Å²) >= 11 is 0. The molecule has 27 heavy (non-hydrogen) atoms. The van der Waals surface area contributed by atoms with E-state index in [0.29, 0.717) is 43.4 Å². The molecule has 1 aliphatic heterocycles. The van der Waals surface area contributed by atoms with Crippen molar-refractivity contribution in [3.63, 3.8) is 0 Å². The number of aromatic nitrogens is 1. The molecule has 7 nitrogen and oxygen atoms in total. The number of pyridine rings is 1. The zero-order chi connectivity index (χ0) is 19.2. The molecule has 0 spiro atoms. The van der Waals surface area contributed by atoms with Crippen LogP contribution >= 0.6 is 0 Å². The number of rotatable bonds is 5. The largest absolute Gasteiger partial charge is 0.497 e. The molecule has 2 amide bonds. The average molecular weight is 369 g/mol. The molecule has 1 saturated heterocycles. The standard InChI is InChI=1S/C20H23N3O4/c1-26-16-6-7-18(27-2)15(13-16)14-19(24)22-9-11-23(12-10-22)20(25)17-5-3-4-8-21-17/h3-8,13H,9-12,14H2,1-2H3. The summed E-state index contributed by atoms with van der Waals surface area (Å²) in [5.74, 6) is 1.25. The third-order valence-electron chi connectivity index (χ3n) is 4.63. The molecule has 2 aromatic rings. The summed E-state index contributed by atoms with van der Waals surface area (Å²) in [4.78, 5) is 32.8. The third-order valence-corrected chi connectivity index (χ3v) is 4.63. The van der Waals surface area contributed by atoms with Crippen LogP contribution < -0.4 is 9.47 Å². The van der Waals surface area contributed by atoms with Gasteiger partial charge in [0.1, 0.15) is 17.2 Å². The number of ether oxygens (including phenoxy) is 2. The second-order valence-electron chi connectivity index (χ2n) is 6.24. The number of methoxy groups -OCH3 is 2. The molecule has 0 saturated carbocycles. The summed E-state index contributed by atoms with van der Waals surface area (Å²) in [7, 11) is 3.17. The lowest BCUT2D eigenvalue weighted by Crippen LogP contribution is -2.51. The molecule has 0 atom stereocenters. The van der Waals surface area contributed by atoms with E-state index in [1.165, 1.54) is 0 Å². The molecule has 2 heterocycles. The fourth-order valence-electron chi connectivity index (χ4n) is 3.11. The van der Waals surface area contributed by atoms with Crippen LogP contribution in [0.5, 0.6) is 11.5 Å². The molecule has 142 valence electrons. The van der Waals surface area contributed by atoms with E-state index in [-0.39, 0.29) is 18.2 Å². The molecule has 1 fully saturated rings. The van der Waals surface area contributed by atoms with E-state index in [4.69, 9.17) is 9.47 Å². The number of hydrogen-bond donors (Lipinski definition) is 0. The molecule has 0 N–H and O–H groups in total. The topological polar surface area (TPSA) is 72.0 Å². The van der Waals surface area contributed by atoms with Gasteiger partial charge in [0.05, 0.1) is 20.6 Å². The van der Waals surface area contributed by atoms with Crippen LogP contribution in [0.1, 0.15) is 16.1 Å². The van der Waals surface area contributed by atoms with Gasteiger partial charge in [0.15, 0.2) is 0 Å². The fourth-order valence-corrected chi connectivity index (χ4v) is 3.11. The van der Waals surface area contributed by atoms with Gasteiger partial charge in [-0.05, 0) is 30.3 Å². The van der Waals surface area contributed by atoms with Gasteiger partial charge in [-0.15, -0.1) is 0 Å². The highest BCUT2D eigenvalue weighted by Gasteiger charge is 2.26. The number of nitrogens with zero attached hydrogens (tertiary/aromatic N) is 3. The third kappa shape index (κ3) is 4.36. The van der Waals surface area contributed by atoms with Crippen molar-refractivity contribution < 1.29 is 19.1 Å². The molecule has 1 aromatic carbocycles. The van der Waals surface area contributed by atoms with Crippen LogP contribution in [0.15, 0.2) is 42.6 Å². The first-order valence-corrected chi connectivity index (χ1v) is 8.81. The fraction of sp³-hybridized carbons (Fsp3) is 0.350. The maximum atomic E-state index is 12.7. The van der Waals surface area contributed by atoms with E-state index in [1.54, 1.807) is 60.5 Å². The van der Waals surface area contributed by atoms with Crippen LogP contribution in [-0.2, 0) is 11.2 Å². The van der Waals surface area contributed by atoms with Gasteiger partial charge >= 0.3 is 0 Å². The number of piperazine rings is 1. The number of carbonyl (C=O) groups excluding carboxylic acids is 2. The van der Waals surface area contributed by atoms with Crippen LogP contribution in [0.3, 0.4) is 0 Å². The minimum Gasteiger partial charge on any atom is -0.497 e. The van der Waals surface area contributed by atoms with E-state index in [1.807, 2.05) is 6.07 Å². The van der Waals surface area contributed by atoms with Gasteiger partial charge in [-0.2, -0.15) is 0 Å². The molecular weight excluding hydrogens is 346 g/mol. The van der Waals surface area contributed by atoms with Crippen LogP contribution in [0.4, 0.5) is 0 Å². The van der Waals surface area contributed by atoms with Gasteiger partial charge in [0.2, 0.25) is 5.91 Å². The Balaban J connectivity index is 1.60. The van der Waals surface area contributed by atoms with Crippen molar-refractivity contribution in [2.75, 3.05) is 40.4 Å². The Morgan fingerprint density at radius 1 is 1.00 bits per heavy atom. The number of benzene rings is 1. The van der Waals surface area contributed by atoms with Gasteiger partial charge in [0.25, 0.3) is 5.91 Å². The Labute approximate surface area is 158 Å². The summed E-state index contributed by atoms with van der Waals surface area (Å²) in [5, 5.41) is 0. The molecule has 0 radical (unpaired) electrons. The minimum atomic E-state index is -0.0998. The van der Waals surface area contributed by atoms with Crippen molar-refractivity contribution >= 4 is 11.8 Å². The summed E-state index contributed by atoms with van der Waals surface area (Å²) in [6, 6.07) is 10.7. The van der Waals surface area contributed by atoms with Crippen molar-refractivity contribution in [2.24, 2.45) is 0 Å². The van der Waals surface area contributed by atoms with Crippen LogP contribution in [0.25, 0.3) is 0 Å². The van der Waals surface area contributed by atoms with Crippen molar-refractivity contribution in [3.05, 3.63) is 53.9 Å². The SMILES string of the molecule is COc1ccc(OC)c(CC(=O)N2CCN(C(=O)c3ccccn3)CC2)c1. The molecule has 7 heteroatoms. The molecule has 1 aliphatic rings. The first-order chi connectivity index (χ1) is 13.1. The van der Waals surface area contributed by atoms with Gasteiger partial charge < -0.3 is 19.3 Å². The van der Waals surface area contributed by atoms with E-state index in [0.717, 1.165) is 5.56 Å².